The highest BCUT2D eigenvalue weighted by Gasteiger charge is 2.34. The summed E-state index contributed by atoms with van der Waals surface area (Å²) >= 11 is 0. The van der Waals surface area contributed by atoms with Crippen LogP contribution in [0.1, 0.15) is 45.6 Å². The summed E-state index contributed by atoms with van der Waals surface area (Å²) in [6.45, 7) is 10.8. The van der Waals surface area contributed by atoms with Gasteiger partial charge in [-0.3, -0.25) is 30.2 Å². The molecule has 0 aromatic heterocycles. The van der Waals surface area contributed by atoms with E-state index in [2.05, 4.69) is 15.1 Å². The SMILES string of the molecule is CC(C)OC(=O)CN1CCN(CC2CN(c3ccc(C(=N)NC(=O)ON4CCCCC4C)cc3)C(=O)O2)CC1. The van der Waals surface area contributed by atoms with Crippen LogP contribution in [0.5, 0.6) is 0 Å². The highest BCUT2D eigenvalue weighted by molar-refractivity contribution is 6.04. The van der Waals surface area contributed by atoms with Gasteiger partial charge in [0.15, 0.2) is 0 Å². The first-order valence-electron chi connectivity index (χ1n) is 13.7. The molecule has 0 radical (unpaired) electrons. The Labute approximate surface area is 229 Å². The largest absolute Gasteiger partial charge is 0.462 e. The topological polar surface area (TPSA) is 128 Å². The number of carbonyl (C=O) groups is 3. The smallest absolute Gasteiger partial charge is 0.431 e. The number of hydrogen-bond donors (Lipinski definition) is 2. The van der Waals surface area contributed by atoms with Crippen molar-refractivity contribution in [1.29, 1.82) is 5.41 Å². The summed E-state index contributed by atoms with van der Waals surface area (Å²) in [5, 5.41) is 12.4. The van der Waals surface area contributed by atoms with E-state index in [0.29, 0.717) is 37.4 Å². The van der Waals surface area contributed by atoms with Crippen LogP contribution < -0.4 is 10.2 Å². The van der Waals surface area contributed by atoms with Crippen LogP contribution in [0.25, 0.3) is 0 Å². The molecule has 3 fully saturated rings. The molecule has 2 N–H and O–H groups in total. The number of rotatable bonds is 8. The number of hydrogen-bond acceptors (Lipinski definition) is 10. The van der Waals surface area contributed by atoms with E-state index < -0.39 is 12.2 Å². The van der Waals surface area contributed by atoms with Crippen LogP contribution in [0.15, 0.2) is 24.3 Å². The lowest BCUT2D eigenvalue weighted by Crippen LogP contribution is -2.50. The molecule has 214 valence electrons. The molecule has 0 bridgehead atoms. The van der Waals surface area contributed by atoms with Gasteiger partial charge in [0.05, 0.1) is 19.2 Å². The average molecular weight is 545 g/mol. The maximum absolute atomic E-state index is 12.6. The van der Waals surface area contributed by atoms with Crippen molar-refractivity contribution in [3.8, 4) is 0 Å². The average Bonchev–Trinajstić information content (AvgIpc) is 3.25. The van der Waals surface area contributed by atoms with Crippen molar-refractivity contribution in [1.82, 2.24) is 20.2 Å². The number of amides is 2. The maximum Gasteiger partial charge on any atom is 0.431 e. The molecule has 3 aliphatic rings. The number of nitrogens with one attached hydrogen (secondary N) is 2. The van der Waals surface area contributed by atoms with Crippen LogP contribution >= 0.6 is 0 Å². The Bertz CT molecular complexity index is 1030. The van der Waals surface area contributed by atoms with E-state index in [-0.39, 0.29) is 30.1 Å². The zero-order chi connectivity index (χ0) is 27.9. The number of nitrogens with zero attached hydrogens (tertiary/aromatic N) is 4. The molecule has 2 atom stereocenters. The van der Waals surface area contributed by atoms with Crippen molar-refractivity contribution in [2.24, 2.45) is 0 Å². The second-order valence-corrected chi connectivity index (χ2v) is 10.6. The summed E-state index contributed by atoms with van der Waals surface area (Å²) in [5.41, 5.74) is 1.17. The summed E-state index contributed by atoms with van der Waals surface area (Å²) in [6, 6.07) is 7.01. The normalized spacial score (nSPS) is 23.0. The number of carbonyl (C=O) groups excluding carboxylic acids is 3. The molecule has 3 heterocycles. The molecule has 2 unspecified atom stereocenters. The lowest BCUT2D eigenvalue weighted by molar-refractivity contribution is -0.149. The minimum atomic E-state index is -0.680. The fraction of sp³-hybridized carbons (Fsp3) is 0.630. The Morgan fingerprint density at radius 3 is 2.44 bits per heavy atom. The van der Waals surface area contributed by atoms with E-state index in [1.165, 1.54) is 0 Å². The Balaban J connectivity index is 1.21. The van der Waals surface area contributed by atoms with Gasteiger partial charge in [0.25, 0.3) is 0 Å². The van der Waals surface area contributed by atoms with Crippen molar-refractivity contribution in [2.45, 2.75) is 58.3 Å². The number of anilines is 1. The van der Waals surface area contributed by atoms with Gasteiger partial charge in [0.2, 0.25) is 0 Å². The third-order valence-electron chi connectivity index (χ3n) is 7.16. The van der Waals surface area contributed by atoms with E-state index >= 15 is 0 Å². The van der Waals surface area contributed by atoms with Gasteiger partial charge in [-0.15, -0.1) is 5.06 Å². The highest BCUT2D eigenvalue weighted by atomic mass is 16.7. The van der Waals surface area contributed by atoms with Crippen LogP contribution in [0.3, 0.4) is 0 Å². The Morgan fingerprint density at radius 1 is 1.08 bits per heavy atom. The monoisotopic (exact) mass is 544 g/mol. The summed E-state index contributed by atoms with van der Waals surface area (Å²) < 4.78 is 10.8. The molecule has 39 heavy (non-hydrogen) atoms. The number of benzene rings is 1. The molecule has 1 aromatic carbocycles. The lowest BCUT2D eigenvalue weighted by Gasteiger charge is -2.34. The number of piperazine rings is 1. The molecule has 0 saturated carbocycles. The van der Waals surface area contributed by atoms with Crippen LogP contribution in [0, 0.1) is 5.41 Å². The Morgan fingerprint density at radius 2 is 1.77 bits per heavy atom. The predicted octanol–water partition coefficient (Wildman–Crippen LogP) is 2.42. The number of esters is 1. The predicted molar refractivity (Wildman–Crippen MR) is 145 cm³/mol. The zero-order valence-corrected chi connectivity index (χ0v) is 23.1. The maximum atomic E-state index is 12.6. The molecular formula is C27H40N6O6. The summed E-state index contributed by atoms with van der Waals surface area (Å²) in [7, 11) is 0. The van der Waals surface area contributed by atoms with Gasteiger partial charge in [-0.2, -0.15) is 0 Å². The second-order valence-electron chi connectivity index (χ2n) is 10.6. The van der Waals surface area contributed by atoms with Gasteiger partial charge in [0.1, 0.15) is 11.9 Å². The minimum absolute atomic E-state index is 0.0744. The van der Waals surface area contributed by atoms with Crippen LogP contribution in [0.2, 0.25) is 0 Å². The molecule has 3 saturated heterocycles. The highest BCUT2D eigenvalue weighted by Crippen LogP contribution is 2.23. The van der Waals surface area contributed by atoms with Crippen molar-refractivity contribution in [3.05, 3.63) is 29.8 Å². The molecular weight excluding hydrogens is 504 g/mol. The molecule has 12 nitrogen and oxygen atoms in total. The number of ether oxygens (including phenoxy) is 2. The summed E-state index contributed by atoms with van der Waals surface area (Å²) in [5.74, 6) is -0.280. The van der Waals surface area contributed by atoms with Crippen molar-refractivity contribution < 1.29 is 28.7 Å². The van der Waals surface area contributed by atoms with Crippen LogP contribution in [-0.4, -0.2) is 109 Å². The number of amidine groups is 1. The van der Waals surface area contributed by atoms with Gasteiger partial charge in [-0.1, -0.05) is 6.42 Å². The van der Waals surface area contributed by atoms with E-state index in [1.807, 2.05) is 20.8 Å². The second kappa shape index (κ2) is 13.2. The van der Waals surface area contributed by atoms with Crippen molar-refractivity contribution in [2.75, 3.05) is 57.3 Å². The first kappa shape index (κ1) is 28.8. The van der Waals surface area contributed by atoms with Gasteiger partial charge >= 0.3 is 18.2 Å². The fourth-order valence-electron chi connectivity index (χ4n) is 5.05. The number of piperidine rings is 1. The van der Waals surface area contributed by atoms with Gasteiger partial charge in [-0.05, 0) is 57.9 Å². The molecule has 12 heteroatoms. The van der Waals surface area contributed by atoms with E-state index in [0.717, 1.165) is 45.4 Å². The summed E-state index contributed by atoms with van der Waals surface area (Å²) in [6.07, 6.45) is 1.60. The van der Waals surface area contributed by atoms with E-state index in [4.69, 9.17) is 19.7 Å². The zero-order valence-electron chi connectivity index (χ0n) is 23.1. The van der Waals surface area contributed by atoms with Gasteiger partial charge < -0.3 is 14.3 Å². The molecule has 2 amide bonds. The third-order valence-corrected chi connectivity index (χ3v) is 7.16. The Kier molecular flexibility index (Phi) is 9.76. The number of hydroxylamine groups is 2. The fourth-order valence-corrected chi connectivity index (χ4v) is 5.05. The minimum Gasteiger partial charge on any atom is -0.462 e. The van der Waals surface area contributed by atoms with E-state index in [1.54, 1.807) is 34.2 Å². The Hall–Kier alpha value is -3.22. The standard InChI is InChI=1S/C27H40N6O6/c1-19(2)37-24(34)18-31-14-12-30(13-15-31)16-23-17-32(27(36)38-23)22-9-7-21(8-10-22)25(28)29-26(35)39-33-11-5-4-6-20(33)3/h7-10,19-20,23H,4-6,11-18H2,1-3H3,(H2,28,29,35). The van der Waals surface area contributed by atoms with Crippen LogP contribution in [-0.2, 0) is 19.1 Å². The van der Waals surface area contributed by atoms with E-state index in [9.17, 15) is 14.4 Å². The summed E-state index contributed by atoms with van der Waals surface area (Å²) in [4.78, 5) is 48.0. The first-order chi connectivity index (χ1) is 18.7. The number of cyclic esters (lactones) is 1. The van der Waals surface area contributed by atoms with Crippen molar-refractivity contribution in [3.63, 3.8) is 0 Å². The first-order valence-corrected chi connectivity index (χ1v) is 13.7. The third kappa shape index (κ3) is 8.13. The van der Waals surface area contributed by atoms with Crippen LogP contribution in [0.4, 0.5) is 15.3 Å². The molecule has 0 spiro atoms. The molecule has 1 aromatic rings. The lowest BCUT2D eigenvalue weighted by atomic mass is 10.1. The quantitative estimate of drug-likeness (QED) is 0.288. The van der Waals surface area contributed by atoms with Crippen molar-refractivity contribution >= 4 is 29.7 Å². The molecule has 0 aliphatic carbocycles. The molecule has 4 rings (SSSR count). The molecule has 3 aliphatic heterocycles. The van der Waals surface area contributed by atoms with Gasteiger partial charge in [-0.25, -0.2) is 9.59 Å². The van der Waals surface area contributed by atoms with Gasteiger partial charge in [0, 0.05) is 56.6 Å².